The number of hydrogen-bond donors (Lipinski definition) is 2. The maximum Gasteiger partial charge on any atom is 0.238 e. The van der Waals surface area contributed by atoms with Gasteiger partial charge in [0.1, 0.15) is 0 Å². The van der Waals surface area contributed by atoms with Crippen LogP contribution in [0.15, 0.2) is 24.3 Å². The highest BCUT2D eigenvalue weighted by Crippen LogP contribution is 2.26. The summed E-state index contributed by atoms with van der Waals surface area (Å²) in [6.45, 7) is 5.84. The number of anilines is 1. The Morgan fingerprint density at radius 1 is 1.33 bits per heavy atom. The van der Waals surface area contributed by atoms with E-state index in [9.17, 15) is 4.79 Å². The molecule has 1 aromatic carbocycles. The van der Waals surface area contributed by atoms with E-state index in [1.54, 1.807) is 0 Å². The maximum absolute atomic E-state index is 12.3. The van der Waals surface area contributed by atoms with Gasteiger partial charge in [0.15, 0.2) is 0 Å². The fraction of sp³-hybridized carbons (Fsp3) is 0.588. The van der Waals surface area contributed by atoms with Crippen LogP contribution in [-0.4, -0.2) is 43.0 Å². The molecule has 0 aromatic heterocycles. The summed E-state index contributed by atoms with van der Waals surface area (Å²) in [4.78, 5) is 14.6. The third-order valence-electron chi connectivity index (χ3n) is 4.79. The number of carbonyl (C=O) groups is 1. The first-order valence-electron chi connectivity index (χ1n) is 8.10. The molecule has 3 rings (SSSR count). The molecule has 2 aliphatic rings. The van der Waals surface area contributed by atoms with Gasteiger partial charge in [0.25, 0.3) is 0 Å². The van der Waals surface area contributed by atoms with Gasteiger partial charge in [0, 0.05) is 18.3 Å². The van der Waals surface area contributed by atoms with Crippen molar-refractivity contribution in [3.05, 3.63) is 29.8 Å². The van der Waals surface area contributed by atoms with Crippen LogP contribution in [0.4, 0.5) is 5.69 Å². The second kappa shape index (κ2) is 6.58. The van der Waals surface area contributed by atoms with Crippen LogP contribution in [0, 0.1) is 5.92 Å². The number of piperidine rings is 1. The lowest BCUT2D eigenvalue weighted by molar-refractivity contribution is -0.118. The molecule has 2 atom stereocenters. The zero-order valence-corrected chi connectivity index (χ0v) is 12.8. The average Bonchev–Trinajstić information content (AvgIpc) is 2.97. The molecule has 4 nitrogen and oxygen atoms in total. The predicted octanol–water partition coefficient (Wildman–Crippen LogP) is 1.87. The summed E-state index contributed by atoms with van der Waals surface area (Å²) in [6, 6.07) is 8.69. The van der Waals surface area contributed by atoms with E-state index in [4.69, 9.17) is 0 Å². The van der Waals surface area contributed by atoms with Gasteiger partial charge in [0.05, 0.1) is 6.54 Å². The Labute approximate surface area is 126 Å². The van der Waals surface area contributed by atoms with Crippen LogP contribution in [-0.2, 0) is 11.2 Å². The van der Waals surface area contributed by atoms with Crippen LogP contribution in [0.2, 0.25) is 0 Å². The Morgan fingerprint density at radius 3 is 2.90 bits per heavy atom. The monoisotopic (exact) mass is 287 g/mol. The summed E-state index contributed by atoms with van der Waals surface area (Å²) in [6.07, 6.45) is 3.54. The largest absolute Gasteiger partial charge is 0.325 e. The van der Waals surface area contributed by atoms with Crippen molar-refractivity contribution in [1.29, 1.82) is 0 Å². The Morgan fingerprint density at radius 2 is 2.14 bits per heavy atom. The van der Waals surface area contributed by atoms with Crippen LogP contribution < -0.4 is 10.6 Å². The number of benzene rings is 1. The highest BCUT2D eigenvalue weighted by Gasteiger charge is 2.35. The quantitative estimate of drug-likeness (QED) is 0.888. The summed E-state index contributed by atoms with van der Waals surface area (Å²) >= 11 is 0. The minimum absolute atomic E-state index is 0.104. The molecular formula is C17H25N3O. The lowest BCUT2D eigenvalue weighted by Gasteiger charge is -2.36. The molecule has 0 radical (unpaired) electrons. The van der Waals surface area contributed by atoms with Gasteiger partial charge in [-0.1, -0.05) is 19.1 Å². The highest BCUT2D eigenvalue weighted by atomic mass is 16.2. The summed E-state index contributed by atoms with van der Waals surface area (Å²) in [5, 5.41) is 6.48. The summed E-state index contributed by atoms with van der Waals surface area (Å²) in [5.74, 6) is 0.835. The lowest BCUT2D eigenvalue weighted by atomic mass is 9.92. The molecule has 2 saturated heterocycles. The van der Waals surface area contributed by atoms with E-state index < -0.39 is 0 Å². The minimum atomic E-state index is 0.104. The smallest absolute Gasteiger partial charge is 0.238 e. The summed E-state index contributed by atoms with van der Waals surface area (Å²) in [5.41, 5.74) is 2.19. The van der Waals surface area contributed by atoms with Crippen molar-refractivity contribution in [2.24, 2.45) is 5.92 Å². The molecule has 2 fully saturated rings. The fourth-order valence-electron chi connectivity index (χ4n) is 3.57. The van der Waals surface area contributed by atoms with E-state index in [0.29, 0.717) is 12.6 Å². The Balaban J connectivity index is 1.55. The topological polar surface area (TPSA) is 44.4 Å². The maximum atomic E-state index is 12.3. The number of nitrogens with one attached hydrogen (secondary N) is 2. The molecule has 0 saturated carbocycles. The molecular weight excluding hydrogens is 262 g/mol. The molecule has 2 N–H and O–H groups in total. The Bertz CT molecular complexity index is 485. The van der Waals surface area contributed by atoms with E-state index >= 15 is 0 Å². The first kappa shape index (κ1) is 14.5. The number of hydrogen-bond acceptors (Lipinski definition) is 3. The van der Waals surface area contributed by atoms with Crippen LogP contribution in [0.25, 0.3) is 0 Å². The van der Waals surface area contributed by atoms with Crippen molar-refractivity contribution in [3.63, 3.8) is 0 Å². The van der Waals surface area contributed by atoms with Gasteiger partial charge >= 0.3 is 0 Å². The molecule has 0 aliphatic carbocycles. The van der Waals surface area contributed by atoms with E-state index in [2.05, 4.69) is 34.6 Å². The number of likely N-dealkylation sites (tertiary alicyclic amines) is 1. The standard InChI is InChI=1S/C17H25N3O/c1-2-13-5-7-15(8-6-13)19-17(21)12-20-9-3-4-14-10-18-11-16(14)20/h5-8,14,16,18H,2-4,9-12H2,1H3,(H,19,21). The predicted molar refractivity (Wildman–Crippen MR) is 85.4 cm³/mol. The van der Waals surface area contributed by atoms with Gasteiger partial charge in [-0.05, 0) is 56.0 Å². The molecule has 1 aromatic rings. The van der Waals surface area contributed by atoms with E-state index in [-0.39, 0.29) is 5.91 Å². The van der Waals surface area contributed by atoms with Crippen molar-refractivity contribution in [2.75, 3.05) is 31.5 Å². The zero-order chi connectivity index (χ0) is 14.7. The normalized spacial score (nSPS) is 25.6. The van der Waals surface area contributed by atoms with Crippen molar-refractivity contribution < 1.29 is 4.79 Å². The van der Waals surface area contributed by atoms with Crippen molar-refractivity contribution >= 4 is 11.6 Å². The van der Waals surface area contributed by atoms with Crippen LogP contribution in [0.3, 0.4) is 0 Å². The third-order valence-corrected chi connectivity index (χ3v) is 4.79. The van der Waals surface area contributed by atoms with Crippen LogP contribution in [0.1, 0.15) is 25.3 Å². The van der Waals surface area contributed by atoms with Crippen LogP contribution in [0.5, 0.6) is 0 Å². The third kappa shape index (κ3) is 3.44. The van der Waals surface area contributed by atoms with Gasteiger partial charge in [-0.15, -0.1) is 0 Å². The Kier molecular flexibility index (Phi) is 4.56. The van der Waals surface area contributed by atoms with E-state index in [1.807, 2.05) is 12.1 Å². The molecule has 114 valence electrons. The number of nitrogens with zero attached hydrogens (tertiary/aromatic N) is 1. The highest BCUT2D eigenvalue weighted by molar-refractivity contribution is 5.92. The fourth-order valence-corrected chi connectivity index (χ4v) is 3.57. The molecule has 0 bridgehead atoms. The molecule has 0 spiro atoms. The van der Waals surface area contributed by atoms with E-state index in [0.717, 1.165) is 37.7 Å². The number of aryl methyl sites for hydroxylation is 1. The van der Waals surface area contributed by atoms with Crippen molar-refractivity contribution in [3.8, 4) is 0 Å². The Hall–Kier alpha value is -1.39. The second-order valence-electron chi connectivity index (χ2n) is 6.20. The molecule has 4 heteroatoms. The first-order valence-corrected chi connectivity index (χ1v) is 8.10. The number of amides is 1. The molecule has 21 heavy (non-hydrogen) atoms. The van der Waals surface area contributed by atoms with Crippen LogP contribution >= 0.6 is 0 Å². The molecule has 2 unspecified atom stereocenters. The lowest BCUT2D eigenvalue weighted by Crippen LogP contribution is -2.48. The summed E-state index contributed by atoms with van der Waals surface area (Å²) in [7, 11) is 0. The average molecular weight is 287 g/mol. The van der Waals surface area contributed by atoms with Crippen molar-refractivity contribution in [1.82, 2.24) is 10.2 Å². The van der Waals surface area contributed by atoms with Gasteiger partial charge < -0.3 is 10.6 Å². The minimum Gasteiger partial charge on any atom is -0.325 e. The van der Waals surface area contributed by atoms with Crippen molar-refractivity contribution in [2.45, 2.75) is 32.2 Å². The summed E-state index contributed by atoms with van der Waals surface area (Å²) < 4.78 is 0. The molecule has 2 heterocycles. The van der Waals surface area contributed by atoms with Gasteiger partial charge in [-0.2, -0.15) is 0 Å². The second-order valence-corrected chi connectivity index (χ2v) is 6.20. The zero-order valence-electron chi connectivity index (χ0n) is 12.8. The van der Waals surface area contributed by atoms with Gasteiger partial charge in [-0.3, -0.25) is 9.69 Å². The number of rotatable bonds is 4. The van der Waals surface area contributed by atoms with E-state index in [1.165, 1.54) is 18.4 Å². The molecule has 1 amide bonds. The molecule has 2 aliphatic heterocycles. The number of carbonyl (C=O) groups excluding carboxylic acids is 1. The number of fused-ring (bicyclic) bond motifs is 1. The van der Waals surface area contributed by atoms with Gasteiger partial charge in [-0.25, -0.2) is 0 Å². The first-order chi connectivity index (χ1) is 10.3. The SMILES string of the molecule is CCc1ccc(NC(=O)CN2CCCC3CNCC32)cc1. The van der Waals surface area contributed by atoms with Gasteiger partial charge in [0.2, 0.25) is 5.91 Å².